The van der Waals surface area contributed by atoms with Crippen molar-refractivity contribution in [3.63, 3.8) is 0 Å². The zero-order valence-electron chi connectivity index (χ0n) is 12.0. The molecule has 4 heteroatoms. The lowest BCUT2D eigenvalue weighted by Gasteiger charge is -2.23. The molecule has 2 unspecified atom stereocenters. The Balaban J connectivity index is 2.13. The van der Waals surface area contributed by atoms with Gasteiger partial charge in [-0.05, 0) is 24.6 Å². The Bertz CT molecular complexity index is 598. The zero-order chi connectivity index (χ0) is 15.4. The van der Waals surface area contributed by atoms with Crippen LogP contribution in [-0.2, 0) is 4.79 Å². The first-order valence-electron chi connectivity index (χ1n) is 6.68. The minimum absolute atomic E-state index is 0.0173. The molecule has 2 rings (SSSR count). The van der Waals surface area contributed by atoms with E-state index < -0.39 is 0 Å². The molecule has 1 amide bonds. The predicted octanol–water partition coefficient (Wildman–Crippen LogP) is 4.86. The molecule has 0 aliphatic carbocycles. The number of para-hydroxylation sites is 1. The lowest BCUT2D eigenvalue weighted by molar-refractivity contribution is -0.117. The molecule has 0 aromatic heterocycles. The van der Waals surface area contributed by atoms with Crippen LogP contribution >= 0.6 is 31.9 Å². The smallest absolute Gasteiger partial charge is 0.242 e. The van der Waals surface area contributed by atoms with Gasteiger partial charge < -0.3 is 4.90 Å². The first-order valence-corrected chi connectivity index (χ1v) is 8.51. The highest BCUT2D eigenvalue weighted by molar-refractivity contribution is 9.12. The van der Waals surface area contributed by atoms with E-state index in [-0.39, 0.29) is 15.6 Å². The maximum absolute atomic E-state index is 12.6. The van der Waals surface area contributed by atoms with Gasteiger partial charge in [0, 0.05) is 12.7 Å². The number of hydrogen-bond donors (Lipinski definition) is 0. The summed E-state index contributed by atoms with van der Waals surface area (Å²) in [4.78, 5) is 13.8. The minimum atomic E-state index is -0.328. The standard InChI is InChI=1S/C17H17Br2NO/c1-12-8-10-13(11-9-12)15(18)16(19)17(21)20(2)14-6-4-3-5-7-14/h3-11,15-16H,1-2H3. The van der Waals surface area contributed by atoms with E-state index in [2.05, 4.69) is 44.0 Å². The first-order chi connectivity index (χ1) is 10.0. The number of anilines is 1. The number of rotatable bonds is 4. The van der Waals surface area contributed by atoms with E-state index in [9.17, 15) is 4.79 Å². The number of aryl methyl sites for hydroxylation is 1. The molecule has 0 saturated carbocycles. The molecule has 0 spiro atoms. The third kappa shape index (κ3) is 3.95. The van der Waals surface area contributed by atoms with Crippen LogP contribution in [0.1, 0.15) is 16.0 Å². The van der Waals surface area contributed by atoms with Gasteiger partial charge in [-0.25, -0.2) is 0 Å². The predicted molar refractivity (Wildman–Crippen MR) is 95.4 cm³/mol. The molecule has 0 saturated heterocycles. The van der Waals surface area contributed by atoms with Crippen molar-refractivity contribution in [2.24, 2.45) is 0 Å². The molecule has 0 aliphatic heterocycles. The van der Waals surface area contributed by atoms with Gasteiger partial charge in [-0.1, -0.05) is 79.9 Å². The maximum atomic E-state index is 12.6. The SMILES string of the molecule is Cc1ccc(C(Br)C(Br)C(=O)N(C)c2ccccc2)cc1. The van der Waals surface area contributed by atoms with Crippen LogP contribution in [0.2, 0.25) is 0 Å². The van der Waals surface area contributed by atoms with Crippen molar-refractivity contribution in [1.82, 2.24) is 0 Å². The van der Waals surface area contributed by atoms with Crippen molar-refractivity contribution in [3.8, 4) is 0 Å². The molecule has 0 heterocycles. The Morgan fingerprint density at radius 2 is 1.57 bits per heavy atom. The minimum Gasteiger partial charge on any atom is -0.314 e. The van der Waals surface area contributed by atoms with Crippen molar-refractivity contribution >= 4 is 43.5 Å². The Morgan fingerprint density at radius 3 is 2.14 bits per heavy atom. The quantitative estimate of drug-likeness (QED) is 0.659. The van der Waals surface area contributed by atoms with E-state index in [1.165, 1.54) is 5.56 Å². The molecule has 110 valence electrons. The molecule has 0 fully saturated rings. The second kappa shape index (κ2) is 7.23. The summed E-state index contributed by atoms with van der Waals surface area (Å²) in [6.07, 6.45) is 0. The largest absolute Gasteiger partial charge is 0.314 e. The van der Waals surface area contributed by atoms with Gasteiger partial charge in [-0.2, -0.15) is 0 Å². The molecule has 0 radical (unpaired) electrons. The van der Waals surface area contributed by atoms with E-state index in [1.54, 1.807) is 11.9 Å². The number of nitrogens with zero attached hydrogens (tertiary/aromatic N) is 1. The average molecular weight is 411 g/mol. The van der Waals surface area contributed by atoms with E-state index in [1.807, 2.05) is 49.4 Å². The van der Waals surface area contributed by atoms with Crippen LogP contribution in [0.4, 0.5) is 5.69 Å². The van der Waals surface area contributed by atoms with Gasteiger partial charge in [0.15, 0.2) is 0 Å². The summed E-state index contributed by atoms with van der Waals surface area (Å²) in [5.41, 5.74) is 3.17. The van der Waals surface area contributed by atoms with Crippen LogP contribution in [0, 0.1) is 6.92 Å². The third-order valence-electron chi connectivity index (χ3n) is 3.36. The van der Waals surface area contributed by atoms with Gasteiger partial charge in [0.05, 0.1) is 4.83 Å². The molecular weight excluding hydrogens is 394 g/mol. The third-order valence-corrected chi connectivity index (χ3v) is 6.05. The lowest BCUT2D eigenvalue weighted by Crippen LogP contribution is -2.35. The number of benzene rings is 2. The van der Waals surface area contributed by atoms with Crippen LogP contribution < -0.4 is 4.90 Å². The summed E-state index contributed by atoms with van der Waals surface area (Å²) in [5.74, 6) is 0.0173. The van der Waals surface area contributed by atoms with Gasteiger partial charge in [-0.15, -0.1) is 0 Å². The Hall–Kier alpha value is -1.13. The van der Waals surface area contributed by atoms with Gasteiger partial charge in [-0.3, -0.25) is 4.79 Å². The van der Waals surface area contributed by atoms with Crippen molar-refractivity contribution in [2.75, 3.05) is 11.9 Å². The molecule has 0 bridgehead atoms. The monoisotopic (exact) mass is 409 g/mol. The number of halogens is 2. The number of carbonyl (C=O) groups excluding carboxylic acids is 1. The first kappa shape index (κ1) is 16.2. The van der Waals surface area contributed by atoms with Gasteiger partial charge in [0.2, 0.25) is 5.91 Å². The molecule has 2 aromatic rings. The van der Waals surface area contributed by atoms with Crippen molar-refractivity contribution in [3.05, 3.63) is 65.7 Å². The zero-order valence-corrected chi connectivity index (χ0v) is 15.1. The molecule has 0 N–H and O–H groups in total. The molecule has 2 aromatic carbocycles. The number of alkyl halides is 2. The molecule has 2 nitrogen and oxygen atoms in total. The van der Waals surface area contributed by atoms with E-state index >= 15 is 0 Å². The van der Waals surface area contributed by atoms with Crippen LogP contribution in [-0.4, -0.2) is 17.8 Å². The van der Waals surface area contributed by atoms with Crippen LogP contribution in [0.15, 0.2) is 54.6 Å². The van der Waals surface area contributed by atoms with Gasteiger partial charge >= 0.3 is 0 Å². The second-order valence-corrected chi connectivity index (χ2v) is 6.92. The van der Waals surface area contributed by atoms with Crippen molar-refractivity contribution < 1.29 is 4.79 Å². The van der Waals surface area contributed by atoms with Crippen LogP contribution in [0.3, 0.4) is 0 Å². The fraction of sp³-hybridized carbons (Fsp3) is 0.235. The number of hydrogen-bond acceptors (Lipinski definition) is 1. The molecule has 21 heavy (non-hydrogen) atoms. The van der Waals surface area contributed by atoms with E-state index in [0.717, 1.165) is 11.3 Å². The van der Waals surface area contributed by atoms with Crippen LogP contribution in [0.25, 0.3) is 0 Å². The van der Waals surface area contributed by atoms with Crippen LogP contribution in [0.5, 0.6) is 0 Å². The summed E-state index contributed by atoms with van der Waals surface area (Å²) >= 11 is 7.15. The summed E-state index contributed by atoms with van der Waals surface area (Å²) < 4.78 is 0. The average Bonchev–Trinajstić information content (AvgIpc) is 2.53. The summed E-state index contributed by atoms with van der Waals surface area (Å²) in [6, 6.07) is 17.8. The summed E-state index contributed by atoms with van der Waals surface area (Å²) in [6.45, 7) is 2.05. The normalized spacial score (nSPS) is 13.5. The van der Waals surface area contributed by atoms with Gasteiger partial charge in [0.25, 0.3) is 0 Å². The van der Waals surface area contributed by atoms with Crippen molar-refractivity contribution in [1.29, 1.82) is 0 Å². The van der Waals surface area contributed by atoms with Crippen molar-refractivity contribution in [2.45, 2.75) is 16.6 Å². The summed E-state index contributed by atoms with van der Waals surface area (Å²) in [7, 11) is 1.79. The van der Waals surface area contributed by atoms with E-state index in [4.69, 9.17) is 0 Å². The lowest BCUT2D eigenvalue weighted by atomic mass is 10.1. The Labute approximate surface area is 142 Å². The molecule has 2 atom stereocenters. The maximum Gasteiger partial charge on any atom is 0.242 e. The number of amides is 1. The van der Waals surface area contributed by atoms with Gasteiger partial charge in [0.1, 0.15) is 4.83 Å². The Morgan fingerprint density at radius 1 is 1.00 bits per heavy atom. The number of carbonyl (C=O) groups is 1. The Kier molecular flexibility index (Phi) is 5.59. The fourth-order valence-corrected chi connectivity index (χ4v) is 3.15. The van der Waals surface area contributed by atoms with E-state index in [0.29, 0.717) is 0 Å². The summed E-state index contributed by atoms with van der Waals surface area (Å²) in [5, 5.41) is 0. The second-order valence-electron chi connectivity index (χ2n) is 4.95. The fourth-order valence-electron chi connectivity index (χ4n) is 2.01. The highest BCUT2D eigenvalue weighted by Gasteiger charge is 2.28. The highest BCUT2D eigenvalue weighted by atomic mass is 79.9. The molecule has 0 aliphatic rings. The topological polar surface area (TPSA) is 20.3 Å². The highest BCUT2D eigenvalue weighted by Crippen LogP contribution is 2.33. The molecular formula is C17H17Br2NO.